The van der Waals surface area contributed by atoms with Crippen molar-refractivity contribution in [3.8, 4) is 0 Å². The van der Waals surface area contributed by atoms with Crippen LogP contribution in [0.3, 0.4) is 0 Å². The molecule has 2 fully saturated rings. The summed E-state index contributed by atoms with van der Waals surface area (Å²) in [6, 6.07) is -0.113. The van der Waals surface area contributed by atoms with E-state index >= 15 is 0 Å². The molecule has 1 aliphatic carbocycles. The van der Waals surface area contributed by atoms with Crippen LogP contribution in [0.4, 0.5) is 4.79 Å². The van der Waals surface area contributed by atoms with Crippen LogP contribution in [-0.4, -0.2) is 55.4 Å². The van der Waals surface area contributed by atoms with Gasteiger partial charge in [0.25, 0.3) is 0 Å². The van der Waals surface area contributed by atoms with E-state index in [0.717, 1.165) is 32.3 Å². The number of rotatable bonds is 6. The standard InChI is InChI=1S/C17H30N2O4/c1-23-11-9-17(7-3-2-4-8-17)13-18-16(22)19-10-5-6-14(12-19)15(20)21/h14H,2-13H2,1H3,(H,18,22)(H,20,21). The highest BCUT2D eigenvalue weighted by molar-refractivity contribution is 5.76. The van der Waals surface area contributed by atoms with E-state index in [1.807, 2.05) is 0 Å². The van der Waals surface area contributed by atoms with Gasteiger partial charge in [-0.1, -0.05) is 19.3 Å². The largest absolute Gasteiger partial charge is 0.481 e. The summed E-state index contributed by atoms with van der Waals surface area (Å²) < 4.78 is 5.24. The molecule has 2 rings (SSSR count). The van der Waals surface area contributed by atoms with Crippen molar-refractivity contribution in [3.05, 3.63) is 0 Å². The summed E-state index contributed by atoms with van der Waals surface area (Å²) in [5.41, 5.74) is 0.145. The average molecular weight is 326 g/mol. The molecule has 1 saturated heterocycles. The van der Waals surface area contributed by atoms with Gasteiger partial charge in [-0.25, -0.2) is 4.79 Å². The number of carboxylic acids is 1. The summed E-state index contributed by atoms with van der Waals surface area (Å²) in [5.74, 6) is -1.22. The number of amides is 2. The van der Waals surface area contributed by atoms with E-state index in [9.17, 15) is 9.59 Å². The highest BCUT2D eigenvalue weighted by atomic mass is 16.5. The number of hydrogen-bond acceptors (Lipinski definition) is 3. The molecule has 2 N–H and O–H groups in total. The SMILES string of the molecule is COCCC1(CNC(=O)N2CCCC(C(=O)O)C2)CCCCC1. The quantitative estimate of drug-likeness (QED) is 0.786. The van der Waals surface area contributed by atoms with E-state index in [0.29, 0.717) is 26.1 Å². The fraction of sp³-hybridized carbons (Fsp3) is 0.882. The molecule has 2 aliphatic rings. The molecule has 23 heavy (non-hydrogen) atoms. The molecule has 0 spiro atoms. The first-order valence-corrected chi connectivity index (χ1v) is 8.81. The Kier molecular flexibility index (Phi) is 6.69. The number of aliphatic carboxylic acids is 1. The number of nitrogens with one attached hydrogen (secondary N) is 1. The summed E-state index contributed by atoms with van der Waals surface area (Å²) in [6.45, 7) is 2.37. The molecule has 2 amide bonds. The van der Waals surface area contributed by atoms with E-state index in [1.165, 1.54) is 19.3 Å². The molecular weight excluding hydrogens is 296 g/mol. The molecule has 0 bridgehead atoms. The van der Waals surface area contributed by atoms with Gasteiger partial charge in [0.1, 0.15) is 0 Å². The van der Waals surface area contributed by atoms with Gasteiger partial charge in [0.15, 0.2) is 0 Å². The second-order valence-corrected chi connectivity index (χ2v) is 7.09. The number of carbonyl (C=O) groups is 2. The lowest BCUT2D eigenvalue weighted by atomic mass is 9.72. The van der Waals surface area contributed by atoms with Crippen LogP contribution in [0, 0.1) is 11.3 Å². The number of likely N-dealkylation sites (tertiary alicyclic amines) is 1. The zero-order chi connectivity index (χ0) is 16.7. The van der Waals surface area contributed by atoms with Crippen molar-refractivity contribution < 1.29 is 19.4 Å². The molecule has 1 saturated carbocycles. The summed E-state index contributed by atoms with van der Waals surface area (Å²) in [4.78, 5) is 25.2. The smallest absolute Gasteiger partial charge is 0.317 e. The van der Waals surface area contributed by atoms with Crippen LogP contribution in [0.15, 0.2) is 0 Å². The first kappa shape index (κ1) is 18.0. The molecule has 1 atom stereocenters. The minimum Gasteiger partial charge on any atom is -0.481 e. The average Bonchev–Trinajstić information content (AvgIpc) is 2.59. The van der Waals surface area contributed by atoms with Gasteiger partial charge in [-0.15, -0.1) is 0 Å². The van der Waals surface area contributed by atoms with Gasteiger partial charge in [0.2, 0.25) is 0 Å². The third-order valence-electron chi connectivity index (χ3n) is 5.42. The third kappa shape index (κ3) is 5.09. The van der Waals surface area contributed by atoms with E-state index in [1.54, 1.807) is 12.0 Å². The number of carboxylic acid groups (broad SMARTS) is 1. The Morgan fingerprint density at radius 1 is 1.26 bits per heavy atom. The predicted octanol–water partition coefficient (Wildman–Crippen LogP) is 2.48. The fourth-order valence-electron chi connectivity index (χ4n) is 3.87. The second kappa shape index (κ2) is 8.52. The molecule has 1 heterocycles. The van der Waals surface area contributed by atoms with Crippen molar-refractivity contribution >= 4 is 12.0 Å². The Morgan fingerprint density at radius 3 is 2.65 bits per heavy atom. The molecule has 0 aromatic heterocycles. The number of carbonyl (C=O) groups excluding carboxylic acids is 1. The Morgan fingerprint density at radius 2 is 2.00 bits per heavy atom. The van der Waals surface area contributed by atoms with E-state index in [2.05, 4.69) is 5.32 Å². The van der Waals surface area contributed by atoms with Gasteiger partial charge in [-0.3, -0.25) is 4.79 Å². The Balaban J connectivity index is 1.86. The molecule has 0 radical (unpaired) electrons. The maximum atomic E-state index is 12.4. The van der Waals surface area contributed by atoms with Gasteiger partial charge < -0.3 is 20.1 Å². The molecular formula is C17H30N2O4. The zero-order valence-electron chi connectivity index (χ0n) is 14.2. The number of piperidine rings is 1. The number of methoxy groups -OCH3 is 1. The second-order valence-electron chi connectivity index (χ2n) is 7.09. The monoisotopic (exact) mass is 326 g/mol. The molecule has 0 aromatic rings. The van der Waals surface area contributed by atoms with Crippen molar-refractivity contribution in [1.29, 1.82) is 0 Å². The van der Waals surface area contributed by atoms with Crippen LogP contribution in [0.5, 0.6) is 0 Å². The van der Waals surface area contributed by atoms with Crippen molar-refractivity contribution in [2.45, 2.75) is 51.4 Å². The van der Waals surface area contributed by atoms with Crippen molar-refractivity contribution in [2.24, 2.45) is 11.3 Å². The number of nitrogens with zero attached hydrogens (tertiary/aromatic N) is 1. The van der Waals surface area contributed by atoms with Gasteiger partial charge >= 0.3 is 12.0 Å². The van der Waals surface area contributed by atoms with Gasteiger partial charge in [0.05, 0.1) is 5.92 Å². The lowest BCUT2D eigenvalue weighted by molar-refractivity contribution is -0.143. The van der Waals surface area contributed by atoms with Crippen molar-refractivity contribution in [3.63, 3.8) is 0 Å². The van der Waals surface area contributed by atoms with Crippen LogP contribution in [0.1, 0.15) is 51.4 Å². The Bertz CT molecular complexity index is 407. The van der Waals surface area contributed by atoms with Crippen LogP contribution >= 0.6 is 0 Å². The predicted molar refractivity (Wildman–Crippen MR) is 87.3 cm³/mol. The number of ether oxygens (including phenoxy) is 1. The molecule has 1 aliphatic heterocycles. The Hall–Kier alpha value is -1.30. The van der Waals surface area contributed by atoms with E-state index < -0.39 is 11.9 Å². The van der Waals surface area contributed by atoms with Gasteiger partial charge in [-0.05, 0) is 37.5 Å². The Labute approximate surface area is 138 Å². The topological polar surface area (TPSA) is 78.9 Å². The van der Waals surface area contributed by atoms with Crippen LogP contribution in [0.25, 0.3) is 0 Å². The fourth-order valence-corrected chi connectivity index (χ4v) is 3.87. The number of hydrogen-bond donors (Lipinski definition) is 2. The normalized spacial score (nSPS) is 24.2. The molecule has 0 aromatic carbocycles. The van der Waals surface area contributed by atoms with E-state index in [4.69, 9.17) is 9.84 Å². The van der Waals surface area contributed by atoms with Crippen LogP contribution < -0.4 is 5.32 Å². The molecule has 6 nitrogen and oxygen atoms in total. The van der Waals surface area contributed by atoms with Crippen molar-refractivity contribution in [2.75, 3.05) is 33.4 Å². The van der Waals surface area contributed by atoms with Gasteiger partial charge in [0, 0.05) is 33.4 Å². The zero-order valence-corrected chi connectivity index (χ0v) is 14.2. The van der Waals surface area contributed by atoms with Crippen molar-refractivity contribution in [1.82, 2.24) is 10.2 Å². The summed E-state index contributed by atoms with van der Waals surface area (Å²) in [6.07, 6.45) is 8.37. The third-order valence-corrected chi connectivity index (χ3v) is 5.42. The van der Waals surface area contributed by atoms with Gasteiger partial charge in [-0.2, -0.15) is 0 Å². The van der Waals surface area contributed by atoms with Crippen LogP contribution in [-0.2, 0) is 9.53 Å². The highest BCUT2D eigenvalue weighted by Crippen LogP contribution is 2.38. The van der Waals surface area contributed by atoms with E-state index in [-0.39, 0.29) is 11.4 Å². The molecule has 1 unspecified atom stereocenters. The summed E-state index contributed by atoms with van der Waals surface area (Å²) in [7, 11) is 1.72. The number of urea groups is 1. The lowest BCUT2D eigenvalue weighted by Crippen LogP contribution is -2.49. The molecule has 6 heteroatoms. The van der Waals surface area contributed by atoms with Crippen LogP contribution in [0.2, 0.25) is 0 Å². The summed E-state index contributed by atoms with van der Waals surface area (Å²) >= 11 is 0. The first-order valence-electron chi connectivity index (χ1n) is 8.81. The molecule has 132 valence electrons. The maximum absolute atomic E-state index is 12.4. The first-order chi connectivity index (χ1) is 11.1. The lowest BCUT2D eigenvalue weighted by Gasteiger charge is -2.38. The summed E-state index contributed by atoms with van der Waals surface area (Å²) in [5, 5.41) is 12.2. The minimum absolute atomic E-state index is 0.113. The highest BCUT2D eigenvalue weighted by Gasteiger charge is 2.33. The minimum atomic E-state index is -0.800. The maximum Gasteiger partial charge on any atom is 0.317 e.